The molecule has 3 atom stereocenters. The van der Waals surface area contributed by atoms with Crippen molar-refractivity contribution in [2.24, 2.45) is 18.4 Å². The summed E-state index contributed by atoms with van der Waals surface area (Å²) in [5.41, 5.74) is -0.203. The Morgan fingerprint density at radius 3 is 2.95 bits per heavy atom. The minimum atomic E-state index is -0.203. The van der Waals surface area contributed by atoms with Gasteiger partial charge in [-0.25, -0.2) is 0 Å². The number of rotatable bonds is 3. The Hall–Kier alpha value is -0.850. The smallest absolute Gasteiger partial charge is 0.228 e. The van der Waals surface area contributed by atoms with E-state index >= 15 is 0 Å². The first-order valence-electron chi connectivity index (χ1n) is 7.49. The highest BCUT2D eigenvalue weighted by molar-refractivity contribution is 5.85. The predicted molar refractivity (Wildman–Crippen MR) is 89.3 cm³/mol. The summed E-state index contributed by atoms with van der Waals surface area (Å²) in [6.07, 6.45) is 6.24. The third kappa shape index (κ3) is 3.24. The highest BCUT2D eigenvalue weighted by Gasteiger charge is 2.50. The van der Waals surface area contributed by atoms with Crippen molar-refractivity contribution in [3.05, 3.63) is 12.2 Å². The molecule has 2 N–H and O–H groups in total. The van der Waals surface area contributed by atoms with Crippen molar-refractivity contribution in [2.45, 2.75) is 38.6 Å². The third-order valence-corrected chi connectivity index (χ3v) is 4.97. The number of carbonyl (C=O) groups excluding carboxylic acids is 1. The standard InChI is InChI=1S/C14H23N5O.2ClH/c1-10(12-18-16-9-19(12)2)17-13(20)14-6-4-3-5-11(14)7-15-8-14;;/h9-11,15H,3-8H2,1-2H3,(H,17,20);2*1H/t10?,11-,14+;;/m0../s1. The number of nitrogens with one attached hydrogen (secondary N) is 2. The van der Waals surface area contributed by atoms with Gasteiger partial charge in [-0.3, -0.25) is 4.79 Å². The normalized spacial score (nSPS) is 28.0. The number of aromatic nitrogens is 3. The van der Waals surface area contributed by atoms with Gasteiger partial charge in [-0.05, 0) is 32.2 Å². The SMILES string of the molecule is CC(NC(=O)[C@@]12CCCC[C@H]1CNC2)c1nncn1C.Cl.Cl. The molecule has 0 radical (unpaired) electrons. The van der Waals surface area contributed by atoms with Crippen LogP contribution in [0.5, 0.6) is 0 Å². The number of halogens is 2. The first kappa shape index (κ1) is 19.2. The topological polar surface area (TPSA) is 71.8 Å². The van der Waals surface area contributed by atoms with E-state index in [2.05, 4.69) is 20.8 Å². The van der Waals surface area contributed by atoms with E-state index in [1.165, 1.54) is 12.8 Å². The van der Waals surface area contributed by atoms with Gasteiger partial charge >= 0.3 is 0 Å². The van der Waals surface area contributed by atoms with Gasteiger partial charge in [0.05, 0.1) is 11.5 Å². The van der Waals surface area contributed by atoms with Gasteiger partial charge < -0.3 is 15.2 Å². The summed E-state index contributed by atoms with van der Waals surface area (Å²) in [6, 6.07) is -0.104. The second kappa shape index (κ2) is 7.62. The van der Waals surface area contributed by atoms with Gasteiger partial charge in [0, 0.05) is 13.6 Å². The molecule has 3 rings (SSSR count). The molecule has 2 fully saturated rings. The van der Waals surface area contributed by atoms with Crippen molar-refractivity contribution >= 4 is 30.7 Å². The molecule has 8 heteroatoms. The fourth-order valence-corrected chi connectivity index (χ4v) is 3.78. The van der Waals surface area contributed by atoms with Crippen LogP contribution in [0.25, 0.3) is 0 Å². The van der Waals surface area contributed by atoms with Crippen LogP contribution >= 0.6 is 24.8 Å². The number of carbonyl (C=O) groups is 1. The van der Waals surface area contributed by atoms with Crippen molar-refractivity contribution < 1.29 is 4.79 Å². The minimum Gasteiger partial charge on any atom is -0.346 e. The Kier molecular flexibility index (Phi) is 6.65. The molecule has 1 saturated carbocycles. The number of amides is 1. The lowest BCUT2D eigenvalue weighted by atomic mass is 9.67. The number of hydrogen-bond acceptors (Lipinski definition) is 4. The Morgan fingerprint density at radius 2 is 2.27 bits per heavy atom. The van der Waals surface area contributed by atoms with E-state index in [4.69, 9.17) is 0 Å². The maximum Gasteiger partial charge on any atom is 0.228 e. The van der Waals surface area contributed by atoms with E-state index in [1.807, 2.05) is 18.5 Å². The maximum atomic E-state index is 12.8. The Bertz CT molecular complexity index is 509. The van der Waals surface area contributed by atoms with Gasteiger partial charge in [0.25, 0.3) is 0 Å². The van der Waals surface area contributed by atoms with E-state index in [1.54, 1.807) is 6.33 Å². The van der Waals surface area contributed by atoms with Gasteiger partial charge in [-0.1, -0.05) is 12.8 Å². The quantitative estimate of drug-likeness (QED) is 0.869. The Balaban J connectivity index is 0.00000121. The molecule has 2 aliphatic rings. The van der Waals surface area contributed by atoms with Crippen molar-refractivity contribution in [2.75, 3.05) is 13.1 Å². The number of fused-ring (bicyclic) bond motifs is 1. The highest BCUT2D eigenvalue weighted by atomic mass is 35.5. The molecule has 0 aromatic carbocycles. The highest BCUT2D eigenvalue weighted by Crippen LogP contribution is 2.44. The van der Waals surface area contributed by atoms with Crippen LogP contribution in [0.3, 0.4) is 0 Å². The molecular weight excluding hydrogens is 325 g/mol. The molecule has 126 valence electrons. The van der Waals surface area contributed by atoms with E-state index < -0.39 is 0 Å². The summed E-state index contributed by atoms with van der Waals surface area (Å²) in [7, 11) is 1.90. The summed E-state index contributed by atoms with van der Waals surface area (Å²) < 4.78 is 1.86. The van der Waals surface area contributed by atoms with Crippen LogP contribution in [-0.2, 0) is 11.8 Å². The van der Waals surface area contributed by atoms with Gasteiger partial charge in [-0.2, -0.15) is 0 Å². The molecule has 1 aromatic heterocycles. The van der Waals surface area contributed by atoms with Gasteiger partial charge in [0.1, 0.15) is 6.33 Å². The van der Waals surface area contributed by atoms with E-state index in [9.17, 15) is 4.79 Å². The van der Waals surface area contributed by atoms with Gasteiger partial charge in [0.2, 0.25) is 5.91 Å². The first-order chi connectivity index (χ1) is 9.63. The van der Waals surface area contributed by atoms with Crippen molar-refractivity contribution in [1.29, 1.82) is 0 Å². The molecule has 6 nitrogen and oxygen atoms in total. The summed E-state index contributed by atoms with van der Waals surface area (Å²) in [4.78, 5) is 12.8. The fourth-order valence-electron chi connectivity index (χ4n) is 3.78. The largest absolute Gasteiger partial charge is 0.346 e. The number of aryl methyl sites for hydroxylation is 1. The predicted octanol–water partition coefficient (Wildman–Crippen LogP) is 1.62. The van der Waals surface area contributed by atoms with Crippen LogP contribution in [0.15, 0.2) is 6.33 Å². The van der Waals surface area contributed by atoms with Crippen LogP contribution in [0.4, 0.5) is 0 Å². The molecule has 0 bridgehead atoms. The molecule has 0 spiro atoms. The van der Waals surface area contributed by atoms with Crippen LogP contribution in [-0.4, -0.2) is 33.8 Å². The Labute approximate surface area is 143 Å². The van der Waals surface area contributed by atoms with Gasteiger partial charge in [0.15, 0.2) is 5.82 Å². The zero-order chi connectivity index (χ0) is 14.2. The molecule has 2 heterocycles. The lowest BCUT2D eigenvalue weighted by Gasteiger charge is -2.37. The molecule has 1 aromatic rings. The second-order valence-corrected chi connectivity index (χ2v) is 6.22. The van der Waals surface area contributed by atoms with Crippen LogP contribution < -0.4 is 10.6 Å². The Morgan fingerprint density at radius 1 is 1.50 bits per heavy atom. The minimum absolute atomic E-state index is 0. The van der Waals surface area contributed by atoms with E-state index in [0.717, 1.165) is 31.8 Å². The third-order valence-electron chi connectivity index (χ3n) is 4.97. The van der Waals surface area contributed by atoms with Crippen molar-refractivity contribution in [3.8, 4) is 0 Å². The lowest BCUT2D eigenvalue weighted by molar-refractivity contribution is -0.134. The molecule has 22 heavy (non-hydrogen) atoms. The van der Waals surface area contributed by atoms with Crippen LogP contribution in [0.1, 0.15) is 44.5 Å². The zero-order valence-electron chi connectivity index (χ0n) is 13.0. The van der Waals surface area contributed by atoms with E-state index in [0.29, 0.717) is 5.92 Å². The summed E-state index contributed by atoms with van der Waals surface area (Å²) >= 11 is 0. The molecule has 1 unspecified atom stereocenters. The van der Waals surface area contributed by atoms with E-state index in [-0.39, 0.29) is 42.2 Å². The first-order valence-corrected chi connectivity index (χ1v) is 7.49. The zero-order valence-corrected chi connectivity index (χ0v) is 14.7. The average Bonchev–Trinajstić information content (AvgIpc) is 3.04. The fraction of sp³-hybridized carbons (Fsp3) is 0.786. The molecule has 1 aliphatic carbocycles. The lowest BCUT2D eigenvalue weighted by Crippen LogP contribution is -2.48. The summed E-state index contributed by atoms with van der Waals surface area (Å²) in [5.74, 6) is 1.47. The van der Waals surface area contributed by atoms with Crippen LogP contribution in [0.2, 0.25) is 0 Å². The maximum absolute atomic E-state index is 12.8. The molecule has 1 saturated heterocycles. The number of hydrogen-bond donors (Lipinski definition) is 2. The molecule has 1 aliphatic heterocycles. The molecular formula is C14H25Cl2N5O. The van der Waals surface area contributed by atoms with Crippen LogP contribution in [0, 0.1) is 11.3 Å². The summed E-state index contributed by atoms with van der Waals surface area (Å²) in [6.45, 7) is 3.76. The monoisotopic (exact) mass is 349 g/mol. The second-order valence-electron chi connectivity index (χ2n) is 6.22. The van der Waals surface area contributed by atoms with Crippen molar-refractivity contribution in [1.82, 2.24) is 25.4 Å². The average molecular weight is 350 g/mol. The summed E-state index contributed by atoms with van der Waals surface area (Å²) in [5, 5.41) is 14.5. The van der Waals surface area contributed by atoms with Gasteiger partial charge in [-0.15, -0.1) is 35.0 Å². The number of nitrogens with zero attached hydrogens (tertiary/aromatic N) is 3. The van der Waals surface area contributed by atoms with Crippen molar-refractivity contribution in [3.63, 3.8) is 0 Å². The molecule has 1 amide bonds.